The second-order valence-corrected chi connectivity index (χ2v) is 5.09. The number of furan rings is 1. The molecule has 2 aromatic rings. The molecule has 0 fully saturated rings. The highest BCUT2D eigenvalue weighted by molar-refractivity contribution is 9.11. The Hall–Kier alpha value is -0.520. The van der Waals surface area contributed by atoms with Crippen LogP contribution in [0.4, 0.5) is 0 Å². The second-order valence-electron chi connectivity index (χ2n) is 3.44. The predicted molar refractivity (Wildman–Crippen MR) is 68.8 cm³/mol. The van der Waals surface area contributed by atoms with Gasteiger partial charge >= 0.3 is 0 Å². The van der Waals surface area contributed by atoms with Gasteiger partial charge in [0, 0.05) is 5.39 Å². The zero-order valence-corrected chi connectivity index (χ0v) is 11.9. The second kappa shape index (κ2) is 4.39. The van der Waals surface area contributed by atoms with Crippen LogP contribution in [0.5, 0.6) is 5.75 Å². The van der Waals surface area contributed by atoms with Crippen LogP contribution in [0.1, 0.15) is 18.8 Å². The smallest absolute Gasteiger partial charge is 0.150 e. The molecule has 1 aromatic carbocycles. The first kappa shape index (κ1) is 12.0. The number of benzene rings is 1. The van der Waals surface area contributed by atoms with Gasteiger partial charge in [-0.3, -0.25) is 0 Å². The van der Waals surface area contributed by atoms with E-state index in [1.165, 1.54) is 0 Å². The number of ether oxygens (including phenoxy) is 1. The van der Waals surface area contributed by atoms with Crippen LogP contribution in [0.25, 0.3) is 11.0 Å². The molecule has 2 rings (SSSR count). The summed E-state index contributed by atoms with van der Waals surface area (Å²) in [6, 6.07) is 3.62. The highest BCUT2D eigenvalue weighted by atomic mass is 79.9. The van der Waals surface area contributed by atoms with E-state index in [9.17, 15) is 5.11 Å². The van der Waals surface area contributed by atoms with Gasteiger partial charge in [-0.1, -0.05) is 0 Å². The Kier molecular flexibility index (Phi) is 3.28. The molecule has 1 atom stereocenters. The van der Waals surface area contributed by atoms with E-state index in [0.717, 1.165) is 20.1 Å². The van der Waals surface area contributed by atoms with Gasteiger partial charge in [-0.2, -0.15) is 0 Å². The first-order valence-electron chi connectivity index (χ1n) is 4.68. The highest BCUT2D eigenvalue weighted by Crippen LogP contribution is 2.40. The van der Waals surface area contributed by atoms with Gasteiger partial charge in [0.05, 0.1) is 16.1 Å². The summed E-state index contributed by atoms with van der Waals surface area (Å²) in [5.74, 6) is 1.25. The minimum atomic E-state index is -0.628. The van der Waals surface area contributed by atoms with Crippen molar-refractivity contribution in [1.82, 2.24) is 0 Å². The maximum atomic E-state index is 9.48. The molecule has 16 heavy (non-hydrogen) atoms. The van der Waals surface area contributed by atoms with Crippen LogP contribution in [-0.2, 0) is 0 Å². The predicted octanol–water partition coefficient (Wildman–Crippen LogP) is 4.02. The summed E-state index contributed by atoms with van der Waals surface area (Å²) in [6.07, 6.45) is -0.628. The largest absolute Gasteiger partial charge is 0.496 e. The third-order valence-corrected chi connectivity index (χ3v) is 3.72. The number of hydrogen-bond donors (Lipinski definition) is 1. The number of rotatable bonds is 2. The number of methoxy groups -OCH3 is 1. The van der Waals surface area contributed by atoms with Crippen molar-refractivity contribution in [1.29, 1.82) is 0 Å². The Morgan fingerprint density at radius 3 is 2.62 bits per heavy atom. The lowest BCUT2D eigenvalue weighted by Crippen LogP contribution is -1.85. The zero-order chi connectivity index (χ0) is 11.9. The average molecular weight is 350 g/mol. The summed E-state index contributed by atoms with van der Waals surface area (Å²) in [5, 5.41) is 10.4. The first-order valence-corrected chi connectivity index (χ1v) is 6.26. The van der Waals surface area contributed by atoms with Crippen LogP contribution in [0, 0.1) is 0 Å². The number of aliphatic hydroxyl groups is 1. The van der Waals surface area contributed by atoms with Gasteiger partial charge in [0.25, 0.3) is 0 Å². The normalized spacial score (nSPS) is 13.1. The maximum absolute atomic E-state index is 9.48. The maximum Gasteiger partial charge on any atom is 0.150 e. The molecule has 1 N–H and O–H groups in total. The minimum Gasteiger partial charge on any atom is -0.496 e. The summed E-state index contributed by atoms with van der Waals surface area (Å²) in [7, 11) is 1.61. The van der Waals surface area contributed by atoms with Crippen molar-refractivity contribution in [2.45, 2.75) is 13.0 Å². The van der Waals surface area contributed by atoms with Crippen LogP contribution in [0.15, 0.2) is 25.5 Å². The fourth-order valence-corrected chi connectivity index (χ4v) is 2.55. The fraction of sp³-hybridized carbons (Fsp3) is 0.273. The van der Waals surface area contributed by atoms with Crippen LogP contribution in [0.2, 0.25) is 0 Å². The molecule has 0 spiro atoms. The molecular weight excluding hydrogens is 340 g/mol. The van der Waals surface area contributed by atoms with E-state index in [0.29, 0.717) is 11.3 Å². The molecule has 0 bridgehead atoms. The third kappa shape index (κ3) is 1.87. The number of hydrogen-bond acceptors (Lipinski definition) is 3. The van der Waals surface area contributed by atoms with E-state index < -0.39 is 6.10 Å². The SMILES string of the molecule is COc1cc(Br)c2oc(C(C)O)cc2c1Br. The van der Waals surface area contributed by atoms with Gasteiger partial charge in [-0.15, -0.1) is 0 Å². The van der Waals surface area contributed by atoms with Crippen LogP contribution in [-0.4, -0.2) is 12.2 Å². The Morgan fingerprint density at radius 1 is 1.38 bits per heavy atom. The van der Waals surface area contributed by atoms with E-state index in [4.69, 9.17) is 9.15 Å². The molecule has 0 saturated carbocycles. The van der Waals surface area contributed by atoms with Crippen molar-refractivity contribution in [2.24, 2.45) is 0 Å². The topological polar surface area (TPSA) is 42.6 Å². The molecule has 1 unspecified atom stereocenters. The molecule has 0 aliphatic heterocycles. The molecule has 3 nitrogen and oxygen atoms in total. The van der Waals surface area contributed by atoms with Gasteiger partial charge in [-0.05, 0) is 50.9 Å². The van der Waals surface area contributed by atoms with E-state index in [1.54, 1.807) is 20.1 Å². The Labute approximate surface area is 110 Å². The molecule has 0 amide bonds. The monoisotopic (exact) mass is 348 g/mol. The lowest BCUT2D eigenvalue weighted by molar-refractivity contribution is 0.172. The summed E-state index contributed by atoms with van der Waals surface area (Å²) >= 11 is 6.86. The van der Waals surface area contributed by atoms with Crippen LogP contribution in [0.3, 0.4) is 0 Å². The first-order chi connectivity index (χ1) is 7.54. The average Bonchev–Trinajstić information content (AvgIpc) is 2.68. The number of fused-ring (bicyclic) bond motifs is 1. The van der Waals surface area contributed by atoms with E-state index >= 15 is 0 Å². The summed E-state index contributed by atoms with van der Waals surface area (Å²) < 4.78 is 12.4. The minimum absolute atomic E-state index is 0.532. The fourth-order valence-electron chi connectivity index (χ4n) is 1.48. The van der Waals surface area contributed by atoms with Crippen molar-refractivity contribution in [3.05, 3.63) is 26.8 Å². The molecule has 0 aliphatic carbocycles. The van der Waals surface area contributed by atoms with Crippen molar-refractivity contribution in [3.63, 3.8) is 0 Å². The van der Waals surface area contributed by atoms with E-state index in [-0.39, 0.29) is 0 Å². The highest BCUT2D eigenvalue weighted by Gasteiger charge is 2.16. The molecule has 0 radical (unpaired) electrons. The summed E-state index contributed by atoms with van der Waals surface area (Å²) in [6.45, 7) is 1.66. The quantitative estimate of drug-likeness (QED) is 0.890. The lowest BCUT2D eigenvalue weighted by atomic mass is 10.2. The standard InChI is InChI=1S/C11H10Br2O3/c1-5(14)8-3-6-10(13)9(15-2)4-7(12)11(6)16-8/h3-5,14H,1-2H3. The van der Waals surface area contributed by atoms with Gasteiger partial charge < -0.3 is 14.3 Å². The molecule has 1 aromatic heterocycles. The molecular formula is C11H10Br2O3. The van der Waals surface area contributed by atoms with Gasteiger partial charge in [0.1, 0.15) is 23.2 Å². The van der Waals surface area contributed by atoms with Crippen molar-refractivity contribution < 1.29 is 14.3 Å². The van der Waals surface area contributed by atoms with Crippen LogP contribution >= 0.6 is 31.9 Å². The molecule has 5 heteroatoms. The third-order valence-electron chi connectivity index (χ3n) is 2.31. The molecule has 0 saturated heterocycles. The Bertz CT molecular complexity index is 531. The van der Waals surface area contributed by atoms with Crippen molar-refractivity contribution >= 4 is 42.8 Å². The Morgan fingerprint density at radius 2 is 2.06 bits per heavy atom. The van der Waals surface area contributed by atoms with E-state index in [1.807, 2.05) is 6.07 Å². The van der Waals surface area contributed by atoms with Gasteiger partial charge in [0.15, 0.2) is 0 Å². The molecule has 86 valence electrons. The number of aliphatic hydroxyl groups excluding tert-OH is 1. The van der Waals surface area contributed by atoms with Crippen molar-refractivity contribution in [2.75, 3.05) is 7.11 Å². The lowest BCUT2D eigenvalue weighted by Gasteiger charge is -2.04. The number of halogens is 2. The summed E-state index contributed by atoms with van der Waals surface area (Å²) in [5.41, 5.74) is 0.698. The summed E-state index contributed by atoms with van der Waals surface area (Å²) in [4.78, 5) is 0. The van der Waals surface area contributed by atoms with E-state index in [2.05, 4.69) is 31.9 Å². The van der Waals surface area contributed by atoms with Gasteiger partial charge in [-0.25, -0.2) is 0 Å². The Balaban J connectivity index is 2.75. The molecule has 0 aliphatic rings. The van der Waals surface area contributed by atoms with Gasteiger partial charge in [0.2, 0.25) is 0 Å². The van der Waals surface area contributed by atoms with Crippen LogP contribution < -0.4 is 4.74 Å². The molecule has 1 heterocycles. The van der Waals surface area contributed by atoms with Crippen molar-refractivity contribution in [3.8, 4) is 5.75 Å². The zero-order valence-electron chi connectivity index (χ0n) is 8.75.